The number of pyridine rings is 1. The Kier molecular flexibility index (Phi) is 4.34. The fraction of sp³-hybridized carbons (Fsp3) is 0.353. The smallest absolute Gasteiger partial charge is 0.414 e. The van der Waals surface area contributed by atoms with Gasteiger partial charge in [-0.3, -0.25) is 4.79 Å². The molecular weight excluding hydrogens is 367 g/mol. The number of nitrogens with one attached hydrogen (secondary N) is 1. The van der Waals surface area contributed by atoms with Crippen LogP contribution in [0.3, 0.4) is 0 Å². The minimum atomic E-state index is -4.44. The Morgan fingerprint density at radius 1 is 1.19 bits per heavy atom. The third kappa shape index (κ3) is 3.52. The zero-order valence-corrected chi connectivity index (χ0v) is 13.8. The molecule has 0 radical (unpaired) electrons. The molecule has 4 rings (SSSR count). The summed E-state index contributed by atoms with van der Waals surface area (Å²) in [6, 6.07) is 6.48. The summed E-state index contributed by atoms with van der Waals surface area (Å²) in [5.41, 5.74) is 0.124. The highest BCUT2D eigenvalue weighted by Crippen LogP contribution is 2.37. The van der Waals surface area contributed by atoms with Crippen LogP contribution in [0.4, 0.5) is 13.2 Å². The molecule has 4 heterocycles. The van der Waals surface area contributed by atoms with Gasteiger partial charge in [0.1, 0.15) is 11.9 Å². The lowest BCUT2D eigenvalue weighted by molar-refractivity contribution is -0.249. The second kappa shape index (κ2) is 6.69. The van der Waals surface area contributed by atoms with Crippen LogP contribution < -0.4 is 5.56 Å². The van der Waals surface area contributed by atoms with Crippen molar-refractivity contribution >= 4 is 0 Å². The molecule has 1 fully saturated rings. The lowest BCUT2D eigenvalue weighted by Gasteiger charge is -2.29. The number of aromatic amines is 1. The van der Waals surface area contributed by atoms with E-state index in [1.165, 1.54) is 12.3 Å². The van der Waals surface area contributed by atoms with Crippen molar-refractivity contribution in [3.63, 3.8) is 0 Å². The van der Waals surface area contributed by atoms with Gasteiger partial charge in [-0.15, -0.1) is 0 Å². The van der Waals surface area contributed by atoms with Gasteiger partial charge in [-0.2, -0.15) is 18.2 Å². The maximum absolute atomic E-state index is 12.9. The zero-order valence-electron chi connectivity index (χ0n) is 13.8. The van der Waals surface area contributed by atoms with Crippen molar-refractivity contribution in [2.75, 3.05) is 0 Å². The molecule has 1 N–H and O–H groups in total. The number of H-pyrrole nitrogens is 1. The quantitative estimate of drug-likeness (QED) is 0.740. The number of halogens is 3. The molecule has 1 aliphatic heterocycles. The summed E-state index contributed by atoms with van der Waals surface area (Å²) in [7, 11) is 0. The van der Waals surface area contributed by atoms with Gasteiger partial charge in [0.05, 0.1) is 17.5 Å². The summed E-state index contributed by atoms with van der Waals surface area (Å²) >= 11 is 0. The van der Waals surface area contributed by atoms with E-state index in [2.05, 4.69) is 15.1 Å². The molecule has 2 atom stereocenters. The number of alkyl halides is 3. The highest BCUT2D eigenvalue weighted by atomic mass is 19.4. The van der Waals surface area contributed by atoms with Crippen molar-refractivity contribution in [1.29, 1.82) is 0 Å². The van der Waals surface area contributed by atoms with Gasteiger partial charge in [0.15, 0.2) is 6.10 Å². The van der Waals surface area contributed by atoms with E-state index in [0.717, 1.165) is 0 Å². The number of nitrogens with zero attached hydrogens (tertiary/aromatic N) is 2. The number of furan rings is 1. The molecule has 0 bridgehead atoms. The number of aromatic nitrogens is 3. The molecule has 0 aromatic carbocycles. The van der Waals surface area contributed by atoms with Gasteiger partial charge < -0.3 is 18.7 Å². The van der Waals surface area contributed by atoms with Gasteiger partial charge in [0, 0.05) is 0 Å². The Morgan fingerprint density at radius 3 is 2.74 bits per heavy atom. The maximum Gasteiger partial charge on any atom is 0.414 e. The Bertz CT molecular complexity index is 978. The molecule has 1 aliphatic rings. The number of hydrogen-bond donors (Lipinski definition) is 1. The van der Waals surface area contributed by atoms with E-state index in [1.807, 2.05) is 0 Å². The van der Waals surface area contributed by atoms with Crippen molar-refractivity contribution in [2.24, 2.45) is 0 Å². The first kappa shape index (κ1) is 17.5. The minimum absolute atomic E-state index is 0.0185. The molecule has 0 saturated carbocycles. The Labute approximate surface area is 150 Å². The van der Waals surface area contributed by atoms with E-state index in [4.69, 9.17) is 13.7 Å². The average molecular weight is 381 g/mol. The highest BCUT2D eigenvalue weighted by Gasteiger charge is 2.44. The zero-order chi connectivity index (χ0) is 19.0. The first-order chi connectivity index (χ1) is 12.9. The van der Waals surface area contributed by atoms with Gasteiger partial charge >= 0.3 is 6.18 Å². The third-order valence-corrected chi connectivity index (χ3v) is 4.28. The molecule has 0 spiro atoms. The van der Waals surface area contributed by atoms with Crippen molar-refractivity contribution in [1.82, 2.24) is 15.1 Å². The number of hydrogen-bond acceptors (Lipinski definition) is 6. The second-order valence-electron chi connectivity index (χ2n) is 6.13. The normalized spacial score (nSPS) is 20.7. The summed E-state index contributed by atoms with van der Waals surface area (Å²) in [4.78, 5) is 19.0. The number of rotatable bonds is 3. The summed E-state index contributed by atoms with van der Waals surface area (Å²) < 4.78 is 53.9. The van der Waals surface area contributed by atoms with E-state index < -0.39 is 23.9 Å². The van der Waals surface area contributed by atoms with Crippen LogP contribution in [0.2, 0.25) is 0 Å². The fourth-order valence-corrected chi connectivity index (χ4v) is 2.95. The van der Waals surface area contributed by atoms with Crippen LogP contribution in [0.1, 0.15) is 31.3 Å². The lowest BCUT2D eigenvalue weighted by Crippen LogP contribution is -2.35. The standard InChI is InChI=1S/C17H14F3N3O4/c18-17(19,20)13-5-1-3-12(26-13)16-22-14(23-27-16)9-6-7-10(21-15(9)24)11-4-2-8-25-11/h2,4,6-8,12-13H,1,3,5H2,(H,21,24). The van der Waals surface area contributed by atoms with E-state index in [0.29, 0.717) is 24.3 Å². The Hall–Kier alpha value is -2.88. The van der Waals surface area contributed by atoms with Gasteiger partial charge in [-0.25, -0.2) is 0 Å². The van der Waals surface area contributed by atoms with E-state index in [-0.39, 0.29) is 23.7 Å². The molecule has 142 valence electrons. The molecule has 1 saturated heterocycles. The van der Waals surface area contributed by atoms with E-state index in [9.17, 15) is 18.0 Å². The number of ether oxygens (including phenoxy) is 1. The molecule has 3 aromatic rings. The van der Waals surface area contributed by atoms with Crippen LogP contribution in [0, 0.1) is 0 Å². The Balaban J connectivity index is 1.57. The lowest BCUT2D eigenvalue weighted by atomic mass is 10.0. The summed E-state index contributed by atoms with van der Waals surface area (Å²) in [5.74, 6) is 0.393. The minimum Gasteiger partial charge on any atom is -0.463 e. The van der Waals surface area contributed by atoms with Crippen LogP contribution in [-0.4, -0.2) is 27.4 Å². The summed E-state index contributed by atoms with van der Waals surface area (Å²) in [6.07, 6.45) is -5.22. The molecule has 0 aliphatic carbocycles. The van der Waals surface area contributed by atoms with Gasteiger partial charge in [0.25, 0.3) is 11.4 Å². The van der Waals surface area contributed by atoms with Crippen LogP contribution in [0.15, 0.2) is 44.3 Å². The van der Waals surface area contributed by atoms with E-state index in [1.54, 1.807) is 18.2 Å². The monoisotopic (exact) mass is 381 g/mol. The Morgan fingerprint density at radius 2 is 2.04 bits per heavy atom. The van der Waals surface area contributed by atoms with Crippen LogP contribution in [-0.2, 0) is 4.74 Å². The van der Waals surface area contributed by atoms with E-state index >= 15 is 0 Å². The molecule has 7 nitrogen and oxygen atoms in total. The SMILES string of the molecule is O=c1[nH]c(-c2ccco2)ccc1-c1noc(C2CCCC(C(F)(F)F)O2)n1. The van der Waals surface area contributed by atoms with Crippen molar-refractivity contribution in [2.45, 2.75) is 37.6 Å². The molecule has 3 aromatic heterocycles. The average Bonchev–Trinajstić information content (AvgIpc) is 3.33. The predicted octanol–water partition coefficient (Wildman–Crippen LogP) is 3.86. The predicted molar refractivity (Wildman–Crippen MR) is 85.6 cm³/mol. The van der Waals surface area contributed by atoms with Crippen molar-refractivity contribution in [3.05, 3.63) is 46.8 Å². The van der Waals surface area contributed by atoms with Crippen LogP contribution in [0.5, 0.6) is 0 Å². The third-order valence-electron chi connectivity index (χ3n) is 4.28. The van der Waals surface area contributed by atoms with Crippen LogP contribution in [0.25, 0.3) is 22.8 Å². The molecule has 10 heteroatoms. The molecule has 27 heavy (non-hydrogen) atoms. The maximum atomic E-state index is 12.9. The van der Waals surface area contributed by atoms with Crippen molar-refractivity contribution in [3.8, 4) is 22.8 Å². The summed E-state index contributed by atoms with van der Waals surface area (Å²) in [5, 5.41) is 3.71. The molecule has 0 amide bonds. The first-order valence-electron chi connectivity index (χ1n) is 8.25. The highest BCUT2D eigenvalue weighted by molar-refractivity contribution is 5.59. The second-order valence-corrected chi connectivity index (χ2v) is 6.13. The van der Waals surface area contributed by atoms with Crippen molar-refractivity contribution < 1.29 is 26.8 Å². The van der Waals surface area contributed by atoms with Gasteiger partial charge in [-0.05, 0) is 43.5 Å². The van der Waals surface area contributed by atoms with Crippen LogP contribution >= 0.6 is 0 Å². The topological polar surface area (TPSA) is 94.2 Å². The first-order valence-corrected chi connectivity index (χ1v) is 8.25. The largest absolute Gasteiger partial charge is 0.463 e. The fourth-order valence-electron chi connectivity index (χ4n) is 2.95. The van der Waals surface area contributed by atoms with Gasteiger partial charge in [0.2, 0.25) is 5.82 Å². The van der Waals surface area contributed by atoms with Gasteiger partial charge in [-0.1, -0.05) is 5.16 Å². The molecular formula is C17H14F3N3O4. The summed E-state index contributed by atoms with van der Waals surface area (Å²) in [6.45, 7) is 0. The molecule has 2 unspecified atom stereocenters.